The van der Waals surface area contributed by atoms with Crippen molar-refractivity contribution in [3.8, 4) is 11.8 Å². The van der Waals surface area contributed by atoms with Gasteiger partial charge in [-0.25, -0.2) is 9.67 Å². The monoisotopic (exact) mass is 288 g/mol. The fourth-order valence-corrected chi connectivity index (χ4v) is 1.56. The average molecular weight is 289 g/mol. The third kappa shape index (κ3) is 2.90. The third-order valence-electron chi connectivity index (χ3n) is 2.27. The fraction of sp³-hybridized carbons (Fsp3) is 0. The number of benzene rings is 1. The lowest BCUT2D eigenvalue weighted by Crippen LogP contribution is -2.22. The zero-order valence-corrected chi connectivity index (χ0v) is 10.8. The number of hydrogen-bond acceptors (Lipinski definition) is 6. The lowest BCUT2D eigenvalue weighted by atomic mass is 10.2. The van der Waals surface area contributed by atoms with Gasteiger partial charge in [0.05, 0.1) is 11.4 Å². The molecule has 8 nitrogen and oxygen atoms in total. The molecule has 20 heavy (non-hydrogen) atoms. The molecule has 0 aliphatic rings. The number of nitrogens with one attached hydrogen (secondary N) is 2. The van der Waals surface area contributed by atoms with Crippen molar-refractivity contribution < 1.29 is 0 Å². The molecule has 0 spiro atoms. The van der Waals surface area contributed by atoms with Gasteiger partial charge in [-0.1, -0.05) is 11.6 Å². The molecule has 0 amide bonds. The molecule has 0 fully saturated rings. The summed E-state index contributed by atoms with van der Waals surface area (Å²) in [5, 5.41) is 24.2. The van der Waals surface area contributed by atoms with Crippen molar-refractivity contribution in [1.29, 1.82) is 10.7 Å². The van der Waals surface area contributed by atoms with E-state index in [0.29, 0.717) is 16.4 Å². The Morgan fingerprint density at radius 2 is 2.35 bits per heavy atom. The summed E-state index contributed by atoms with van der Waals surface area (Å²) in [4.78, 5) is 3.85. The van der Waals surface area contributed by atoms with Crippen molar-refractivity contribution in [2.24, 2.45) is 10.8 Å². The third-order valence-corrected chi connectivity index (χ3v) is 2.51. The molecule has 0 unspecified atom stereocenters. The van der Waals surface area contributed by atoms with Crippen LogP contribution in [-0.4, -0.2) is 26.3 Å². The number of halogens is 1. The van der Waals surface area contributed by atoms with Gasteiger partial charge in [-0.05, 0) is 18.2 Å². The molecule has 4 N–H and O–H groups in total. The highest BCUT2D eigenvalue weighted by molar-refractivity contribution is 6.45. The number of aromatic nitrogens is 3. The maximum atomic E-state index is 8.79. The first kappa shape index (κ1) is 13.5. The number of nitrogens with zero attached hydrogens (tertiary/aromatic N) is 5. The molecule has 100 valence electrons. The summed E-state index contributed by atoms with van der Waals surface area (Å²) in [5.41, 5.74) is 8.76. The van der Waals surface area contributed by atoms with E-state index in [-0.39, 0.29) is 5.71 Å². The summed E-state index contributed by atoms with van der Waals surface area (Å²) >= 11 is 5.92. The van der Waals surface area contributed by atoms with Crippen LogP contribution in [0, 0.1) is 16.7 Å². The first-order valence-electron chi connectivity index (χ1n) is 5.34. The molecule has 0 radical (unpaired) electrons. The molecule has 0 aliphatic heterocycles. The zero-order valence-electron chi connectivity index (χ0n) is 10.1. The number of nitrogens with two attached hydrogens (primary N) is 1. The van der Waals surface area contributed by atoms with E-state index in [1.165, 1.54) is 17.3 Å². The van der Waals surface area contributed by atoms with Crippen molar-refractivity contribution >= 4 is 28.8 Å². The molecule has 9 heteroatoms. The minimum Gasteiger partial charge on any atom is -0.382 e. The molecular formula is C11H9ClN8. The Labute approximate surface area is 119 Å². The number of amidine groups is 1. The molecule has 1 heterocycles. The number of anilines is 1. The first-order valence-corrected chi connectivity index (χ1v) is 5.72. The smallest absolute Gasteiger partial charge is 0.201 e. The van der Waals surface area contributed by atoms with E-state index in [4.69, 9.17) is 28.0 Å². The summed E-state index contributed by atoms with van der Waals surface area (Å²) in [6, 6.07) is 6.72. The quantitative estimate of drug-likeness (QED) is 0.441. The molecule has 0 saturated carbocycles. The van der Waals surface area contributed by atoms with Crippen LogP contribution in [0.1, 0.15) is 0 Å². The Kier molecular flexibility index (Phi) is 3.93. The molecule has 2 aromatic rings. The van der Waals surface area contributed by atoms with Crippen LogP contribution in [0.2, 0.25) is 5.02 Å². The van der Waals surface area contributed by atoms with Crippen molar-refractivity contribution in [2.45, 2.75) is 0 Å². The van der Waals surface area contributed by atoms with Crippen LogP contribution in [-0.2, 0) is 0 Å². The second-order valence-electron chi connectivity index (χ2n) is 3.60. The molecule has 1 aromatic carbocycles. The highest BCUT2D eigenvalue weighted by Gasteiger charge is 2.07. The van der Waals surface area contributed by atoms with Crippen molar-refractivity contribution in [2.75, 3.05) is 5.43 Å². The van der Waals surface area contributed by atoms with Crippen LogP contribution in [0.4, 0.5) is 5.69 Å². The lowest BCUT2D eigenvalue weighted by molar-refractivity contribution is 0.879. The minimum atomic E-state index is -0.427. The van der Waals surface area contributed by atoms with Crippen molar-refractivity contribution in [3.63, 3.8) is 0 Å². The molecule has 0 saturated heterocycles. The van der Waals surface area contributed by atoms with Gasteiger partial charge in [0.25, 0.3) is 0 Å². The first-order chi connectivity index (χ1) is 9.61. The Morgan fingerprint density at radius 1 is 1.55 bits per heavy atom. The van der Waals surface area contributed by atoms with Crippen LogP contribution >= 0.6 is 11.6 Å². The largest absolute Gasteiger partial charge is 0.382 e. The number of hydrazone groups is 1. The van der Waals surface area contributed by atoms with Gasteiger partial charge in [-0.3, -0.25) is 10.8 Å². The summed E-state index contributed by atoms with van der Waals surface area (Å²) in [7, 11) is 0. The van der Waals surface area contributed by atoms with E-state index < -0.39 is 5.84 Å². The molecule has 0 atom stereocenters. The van der Waals surface area contributed by atoms with E-state index >= 15 is 0 Å². The molecule has 0 aliphatic carbocycles. The fourth-order valence-electron chi connectivity index (χ4n) is 1.39. The van der Waals surface area contributed by atoms with Crippen LogP contribution < -0.4 is 11.2 Å². The maximum Gasteiger partial charge on any atom is 0.201 e. The minimum absolute atomic E-state index is 0.227. The number of hydrogen-bond donors (Lipinski definition) is 3. The summed E-state index contributed by atoms with van der Waals surface area (Å²) in [6.07, 6.45) is 2.90. The van der Waals surface area contributed by atoms with E-state index in [2.05, 4.69) is 20.6 Å². The molecular weight excluding hydrogens is 280 g/mol. The Morgan fingerprint density at radius 3 is 2.95 bits per heavy atom. The summed E-state index contributed by atoms with van der Waals surface area (Å²) in [5.74, 6) is -0.427. The standard InChI is InChI=1S/C11H9ClN8/c12-7-1-2-10(20-6-16-5-17-20)8(3-7)18-19-9(4-13)11(14)15/h1-3,5-6,18H,(H3,14,15)/b19-9+. The Hall–Kier alpha value is -2.92. The predicted octanol–water partition coefficient (Wildman–Crippen LogP) is 1.15. The summed E-state index contributed by atoms with van der Waals surface area (Å²) < 4.78 is 1.51. The summed E-state index contributed by atoms with van der Waals surface area (Å²) in [6.45, 7) is 0. The SMILES string of the molecule is N#C/C(=N\Nc1cc(Cl)ccc1-n1cncn1)C(=N)N. The van der Waals surface area contributed by atoms with Gasteiger partial charge < -0.3 is 5.73 Å². The van der Waals surface area contributed by atoms with E-state index in [1.807, 2.05) is 0 Å². The van der Waals surface area contributed by atoms with E-state index in [9.17, 15) is 0 Å². The highest BCUT2D eigenvalue weighted by Crippen LogP contribution is 2.23. The van der Waals surface area contributed by atoms with Crippen molar-refractivity contribution in [3.05, 3.63) is 35.9 Å². The Bertz CT molecular complexity index is 698. The Balaban J connectivity index is 2.39. The maximum absolute atomic E-state index is 8.79. The molecule has 2 rings (SSSR count). The predicted molar refractivity (Wildman–Crippen MR) is 75.0 cm³/mol. The second kappa shape index (κ2) is 5.81. The van der Waals surface area contributed by atoms with E-state index in [0.717, 1.165) is 0 Å². The van der Waals surface area contributed by atoms with Crippen LogP contribution in [0.25, 0.3) is 5.69 Å². The lowest BCUT2D eigenvalue weighted by Gasteiger charge is -2.09. The van der Waals surface area contributed by atoms with Gasteiger partial charge in [-0.15, -0.1) is 0 Å². The second-order valence-corrected chi connectivity index (χ2v) is 4.04. The normalized spacial score (nSPS) is 10.9. The molecule has 1 aromatic heterocycles. The van der Waals surface area contributed by atoms with Crippen LogP contribution in [0.15, 0.2) is 36.0 Å². The van der Waals surface area contributed by atoms with Gasteiger partial charge in [0.2, 0.25) is 5.71 Å². The van der Waals surface area contributed by atoms with E-state index in [1.54, 1.807) is 24.3 Å². The van der Waals surface area contributed by atoms with Crippen LogP contribution in [0.3, 0.4) is 0 Å². The average Bonchev–Trinajstić information content (AvgIpc) is 2.93. The van der Waals surface area contributed by atoms with Crippen LogP contribution in [0.5, 0.6) is 0 Å². The van der Waals surface area contributed by atoms with Gasteiger partial charge in [0.15, 0.2) is 5.84 Å². The van der Waals surface area contributed by atoms with Gasteiger partial charge in [0, 0.05) is 5.02 Å². The van der Waals surface area contributed by atoms with Gasteiger partial charge in [0.1, 0.15) is 18.7 Å². The number of rotatable bonds is 4. The topological polar surface area (TPSA) is 129 Å². The van der Waals surface area contributed by atoms with Gasteiger partial charge >= 0.3 is 0 Å². The molecule has 0 bridgehead atoms. The number of nitriles is 1. The van der Waals surface area contributed by atoms with Gasteiger partial charge in [-0.2, -0.15) is 15.5 Å². The highest BCUT2D eigenvalue weighted by atomic mass is 35.5. The van der Waals surface area contributed by atoms with Crippen molar-refractivity contribution in [1.82, 2.24) is 14.8 Å². The zero-order chi connectivity index (χ0) is 14.5.